The van der Waals surface area contributed by atoms with Crippen molar-refractivity contribution in [1.29, 1.82) is 0 Å². The molecule has 0 radical (unpaired) electrons. The maximum Gasteiger partial charge on any atom is 0.0637 e. The highest BCUT2D eigenvalue weighted by molar-refractivity contribution is 5.62. The Bertz CT molecular complexity index is 378. The predicted molar refractivity (Wildman–Crippen MR) is 73.0 cm³/mol. The molecule has 0 bridgehead atoms. The molecule has 0 spiro atoms. The number of rotatable bonds is 4. The number of fused-ring (bicyclic) bond motifs is 1. The molecule has 0 aromatic heterocycles. The molecule has 1 aromatic carbocycles. The first-order valence-electron chi connectivity index (χ1n) is 6.30. The highest BCUT2D eigenvalue weighted by Gasteiger charge is 2.14. The lowest BCUT2D eigenvalue weighted by Crippen LogP contribution is -2.24. The quantitative estimate of drug-likeness (QED) is 0.866. The van der Waals surface area contributed by atoms with Gasteiger partial charge in [0.1, 0.15) is 0 Å². The van der Waals surface area contributed by atoms with Gasteiger partial charge in [-0.1, -0.05) is 0 Å². The van der Waals surface area contributed by atoms with E-state index in [2.05, 4.69) is 42.4 Å². The van der Waals surface area contributed by atoms with Gasteiger partial charge >= 0.3 is 0 Å². The summed E-state index contributed by atoms with van der Waals surface area (Å²) < 4.78 is 5.11. The monoisotopic (exact) mass is 234 g/mol. The van der Waals surface area contributed by atoms with Crippen LogP contribution < -0.4 is 10.2 Å². The lowest BCUT2D eigenvalue weighted by Gasteiger charge is -2.26. The molecule has 1 aromatic rings. The van der Waals surface area contributed by atoms with Gasteiger partial charge in [-0.3, -0.25) is 0 Å². The van der Waals surface area contributed by atoms with E-state index in [1.54, 1.807) is 7.11 Å². The molecule has 1 heterocycles. The van der Waals surface area contributed by atoms with Crippen molar-refractivity contribution >= 4 is 11.4 Å². The average molecular weight is 234 g/mol. The summed E-state index contributed by atoms with van der Waals surface area (Å²) in [5, 5.41) is 3.53. The Labute approximate surface area is 104 Å². The Kier molecular flexibility index (Phi) is 3.89. The first kappa shape index (κ1) is 12.2. The zero-order valence-corrected chi connectivity index (χ0v) is 11.0. The minimum absolute atomic E-state index is 0.597. The smallest absolute Gasteiger partial charge is 0.0637 e. The van der Waals surface area contributed by atoms with Gasteiger partial charge in [-0.25, -0.2) is 0 Å². The van der Waals surface area contributed by atoms with Crippen molar-refractivity contribution in [2.45, 2.75) is 25.8 Å². The van der Waals surface area contributed by atoms with Crippen LogP contribution >= 0.6 is 0 Å². The number of anilines is 2. The SMILES string of the molecule is COCCN(C)c1ccc2c(c1)CCC(C)N2. The van der Waals surface area contributed by atoms with Crippen LogP contribution in [0.5, 0.6) is 0 Å². The molecule has 0 fully saturated rings. The summed E-state index contributed by atoms with van der Waals surface area (Å²) in [5.41, 5.74) is 4.01. The fourth-order valence-electron chi connectivity index (χ4n) is 2.23. The lowest BCUT2D eigenvalue weighted by molar-refractivity contribution is 0.206. The molecule has 0 saturated carbocycles. The summed E-state index contributed by atoms with van der Waals surface area (Å²) in [7, 11) is 3.85. The Balaban J connectivity index is 2.10. The molecular formula is C14H22N2O. The maximum absolute atomic E-state index is 5.11. The van der Waals surface area contributed by atoms with Crippen LogP contribution in [0.4, 0.5) is 11.4 Å². The van der Waals surface area contributed by atoms with Crippen molar-refractivity contribution in [2.24, 2.45) is 0 Å². The average Bonchev–Trinajstić information content (AvgIpc) is 2.35. The maximum atomic E-state index is 5.11. The minimum Gasteiger partial charge on any atom is -0.383 e. The molecule has 3 heteroatoms. The van der Waals surface area contributed by atoms with Crippen LogP contribution in [0.1, 0.15) is 18.9 Å². The van der Waals surface area contributed by atoms with Gasteiger partial charge in [0.25, 0.3) is 0 Å². The van der Waals surface area contributed by atoms with E-state index in [1.165, 1.54) is 29.8 Å². The van der Waals surface area contributed by atoms with Crippen LogP contribution in [0.3, 0.4) is 0 Å². The molecule has 3 nitrogen and oxygen atoms in total. The fourth-order valence-corrected chi connectivity index (χ4v) is 2.23. The second kappa shape index (κ2) is 5.41. The van der Waals surface area contributed by atoms with E-state index < -0.39 is 0 Å². The Morgan fingerprint density at radius 3 is 3.06 bits per heavy atom. The molecule has 2 rings (SSSR count). The summed E-state index contributed by atoms with van der Waals surface area (Å²) >= 11 is 0. The Morgan fingerprint density at radius 1 is 1.47 bits per heavy atom. The van der Waals surface area contributed by atoms with Gasteiger partial charge in [0.15, 0.2) is 0 Å². The number of likely N-dealkylation sites (N-methyl/N-ethyl adjacent to an activating group) is 1. The minimum atomic E-state index is 0.597. The molecule has 1 aliphatic heterocycles. The molecule has 1 N–H and O–H groups in total. The summed E-state index contributed by atoms with van der Waals surface area (Å²) in [4.78, 5) is 2.24. The zero-order chi connectivity index (χ0) is 12.3. The Hall–Kier alpha value is -1.22. The third-order valence-corrected chi connectivity index (χ3v) is 3.41. The fraction of sp³-hybridized carbons (Fsp3) is 0.571. The van der Waals surface area contributed by atoms with Crippen molar-refractivity contribution in [3.8, 4) is 0 Å². The summed E-state index contributed by atoms with van der Waals surface area (Å²) in [5.74, 6) is 0. The molecule has 1 aliphatic rings. The molecule has 94 valence electrons. The van der Waals surface area contributed by atoms with Crippen LogP contribution in [0.2, 0.25) is 0 Å². The molecular weight excluding hydrogens is 212 g/mol. The van der Waals surface area contributed by atoms with Crippen LogP contribution in [0, 0.1) is 0 Å². The first-order chi connectivity index (χ1) is 8.20. The van der Waals surface area contributed by atoms with Gasteiger partial charge < -0.3 is 15.0 Å². The van der Waals surface area contributed by atoms with Gasteiger partial charge in [-0.2, -0.15) is 0 Å². The first-order valence-corrected chi connectivity index (χ1v) is 6.30. The number of hydrogen-bond donors (Lipinski definition) is 1. The van der Waals surface area contributed by atoms with Crippen LogP contribution in [-0.2, 0) is 11.2 Å². The molecule has 0 aliphatic carbocycles. The van der Waals surface area contributed by atoms with E-state index in [-0.39, 0.29) is 0 Å². The topological polar surface area (TPSA) is 24.5 Å². The molecule has 1 atom stereocenters. The van der Waals surface area contributed by atoms with Crippen LogP contribution in [0.15, 0.2) is 18.2 Å². The Morgan fingerprint density at radius 2 is 2.29 bits per heavy atom. The number of aryl methyl sites for hydroxylation is 1. The summed E-state index contributed by atoms with van der Waals surface area (Å²) in [6, 6.07) is 7.27. The van der Waals surface area contributed by atoms with Crippen LogP contribution in [0.25, 0.3) is 0 Å². The second-order valence-corrected chi connectivity index (χ2v) is 4.84. The third-order valence-electron chi connectivity index (χ3n) is 3.41. The van der Waals surface area contributed by atoms with E-state index >= 15 is 0 Å². The number of nitrogens with one attached hydrogen (secondary N) is 1. The van der Waals surface area contributed by atoms with Gasteiger partial charge in [-0.05, 0) is 43.5 Å². The van der Waals surface area contributed by atoms with E-state index in [1.807, 2.05) is 0 Å². The van der Waals surface area contributed by atoms with Crippen molar-refractivity contribution < 1.29 is 4.74 Å². The van der Waals surface area contributed by atoms with E-state index in [4.69, 9.17) is 4.74 Å². The van der Waals surface area contributed by atoms with Crippen molar-refractivity contribution in [1.82, 2.24) is 0 Å². The predicted octanol–water partition coefficient (Wildman–Crippen LogP) is 2.52. The standard InChI is InChI=1S/C14H22N2O/c1-11-4-5-12-10-13(6-7-14(12)15-11)16(2)8-9-17-3/h6-7,10-11,15H,4-5,8-9H2,1-3H3. The zero-order valence-electron chi connectivity index (χ0n) is 11.0. The van der Waals surface area contributed by atoms with E-state index in [9.17, 15) is 0 Å². The molecule has 0 amide bonds. The van der Waals surface area contributed by atoms with Crippen molar-refractivity contribution in [3.63, 3.8) is 0 Å². The largest absolute Gasteiger partial charge is 0.383 e. The molecule has 0 saturated heterocycles. The van der Waals surface area contributed by atoms with Crippen LogP contribution in [-0.4, -0.2) is 33.4 Å². The van der Waals surface area contributed by atoms with E-state index in [0.717, 1.165) is 13.2 Å². The summed E-state index contributed by atoms with van der Waals surface area (Å²) in [6.45, 7) is 3.93. The van der Waals surface area contributed by atoms with Crippen molar-refractivity contribution in [3.05, 3.63) is 23.8 Å². The number of benzene rings is 1. The van der Waals surface area contributed by atoms with Gasteiger partial charge in [0, 0.05) is 38.1 Å². The lowest BCUT2D eigenvalue weighted by atomic mass is 9.98. The normalized spacial score (nSPS) is 18.4. The van der Waals surface area contributed by atoms with Crippen molar-refractivity contribution in [2.75, 3.05) is 37.5 Å². The number of hydrogen-bond acceptors (Lipinski definition) is 3. The van der Waals surface area contributed by atoms with Gasteiger partial charge in [-0.15, -0.1) is 0 Å². The number of ether oxygens (including phenoxy) is 1. The number of nitrogens with zero attached hydrogens (tertiary/aromatic N) is 1. The highest BCUT2D eigenvalue weighted by Crippen LogP contribution is 2.28. The molecule has 1 unspecified atom stereocenters. The summed E-state index contributed by atoms with van der Waals surface area (Å²) in [6.07, 6.45) is 2.40. The van der Waals surface area contributed by atoms with Gasteiger partial charge in [0.05, 0.1) is 6.61 Å². The molecule has 17 heavy (non-hydrogen) atoms. The third kappa shape index (κ3) is 2.91. The van der Waals surface area contributed by atoms with E-state index in [0.29, 0.717) is 6.04 Å². The second-order valence-electron chi connectivity index (χ2n) is 4.84. The highest BCUT2D eigenvalue weighted by atomic mass is 16.5. The number of methoxy groups -OCH3 is 1. The van der Waals surface area contributed by atoms with Gasteiger partial charge in [0.2, 0.25) is 0 Å².